The normalized spacial score (nSPS) is 11.1. The molecule has 0 unspecified atom stereocenters. The van der Waals surface area contributed by atoms with Gasteiger partial charge in [0.25, 0.3) is 0 Å². The smallest absolute Gasteiger partial charge is 0.0371 e. The van der Waals surface area contributed by atoms with Gasteiger partial charge in [-0.05, 0) is 12.6 Å². The zero-order valence-corrected chi connectivity index (χ0v) is 7.40. The standard InChI is InChI=1S/C9H13N2O/c1-10(11(2)12)8-9-6-4-3-5-7-9/h3-7H,8H2,1-2H3/q-1. The Morgan fingerprint density at radius 1 is 1.17 bits per heavy atom. The highest BCUT2D eigenvalue weighted by Gasteiger charge is 1.96. The Morgan fingerprint density at radius 3 is 2.25 bits per heavy atom. The minimum atomic E-state index is 0.654. The van der Waals surface area contributed by atoms with Crippen molar-refractivity contribution in [3.8, 4) is 0 Å². The summed E-state index contributed by atoms with van der Waals surface area (Å²) in [6.07, 6.45) is 0. The molecule has 0 aliphatic rings. The molecule has 0 aromatic heterocycles. The van der Waals surface area contributed by atoms with Crippen LogP contribution < -0.4 is 0 Å². The van der Waals surface area contributed by atoms with E-state index in [0.29, 0.717) is 6.54 Å². The van der Waals surface area contributed by atoms with Crippen LogP contribution in [-0.2, 0) is 6.54 Å². The Balaban J connectivity index is 2.53. The van der Waals surface area contributed by atoms with Crippen LogP contribution in [0.1, 0.15) is 5.56 Å². The van der Waals surface area contributed by atoms with E-state index in [4.69, 9.17) is 0 Å². The summed E-state index contributed by atoms with van der Waals surface area (Å²) in [5, 5.41) is 13.2. The van der Waals surface area contributed by atoms with E-state index in [1.807, 2.05) is 30.3 Å². The molecule has 12 heavy (non-hydrogen) atoms. The molecule has 0 amide bonds. The Labute approximate surface area is 72.8 Å². The largest absolute Gasteiger partial charge is 0.772 e. The fraction of sp³-hybridized carbons (Fsp3) is 0.333. The third-order valence-electron chi connectivity index (χ3n) is 1.74. The highest BCUT2D eigenvalue weighted by molar-refractivity contribution is 5.14. The third-order valence-corrected chi connectivity index (χ3v) is 1.74. The zero-order chi connectivity index (χ0) is 8.97. The van der Waals surface area contributed by atoms with Crippen molar-refractivity contribution in [2.24, 2.45) is 0 Å². The van der Waals surface area contributed by atoms with Gasteiger partial charge in [-0.3, -0.25) is 5.01 Å². The summed E-state index contributed by atoms with van der Waals surface area (Å²) in [4.78, 5) is 0. The molecule has 0 N–H and O–H groups in total. The fourth-order valence-corrected chi connectivity index (χ4v) is 0.947. The molecule has 0 heterocycles. The van der Waals surface area contributed by atoms with Crippen molar-refractivity contribution in [2.75, 3.05) is 14.1 Å². The molecule has 66 valence electrons. The van der Waals surface area contributed by atoms with Crippen LogP contribution in [0.15, 0.2) is 30.3 Å². The summed E-state index contributed by atoms with van der Waals surface area (Å²) < 4.78 is 0. The van der Waals surface area contributed by atoms with Gasteiger partial charge in [-0.1, -0.05) is 30.3 Å². The van der Waals surface area contributed by atoms with E-state index in [9.17, 15) is 5.21 Å². The lowest BCUT2D eigenvalue weighted by atomic mass is 10.2. The van der Waals surface area contributed by atoms with Crippen molar-refractivity contribution >= 4 is 0 Å². The Bertz CT molecular complexity index is 223. The van der Waals surface area contributed by atoms with E-state index in [-0.39, 0.29) is 0 Å². The zero-order valence-electron chi connectivity index (χ0n) is 7.40. The summed E-state index contributed by atoms with van der Waals surface area (Å²) in [5.41, 5.74) is 1.14. The highest BCUT2D eigenvalue weighted by Crippen LogP contribution is 2.02. The maximum absolute atomic E-state index is 10.8. The van der Waals surface area contributed by atoms with Gasteiger partial charge in [-0.25, -0.2) is 0 Å². The van der Waals surface area contributed by atoms with Gasteiger partial charge in [0.1, 0.15) is 0 Å². The molecule has 0 fully saturated rings. The van der Waals surface area contributed by atoms with E-state index >= 15 is 0 Å². The van der Waals surface area contributed by atoms with Crippen LogP contribution in [-0.4, -0.2) is 24.3 Å². The van der Waals surface area contributed by atoms with Crippen LogP contribution in [0.5, 0.6) is 0 Å². The predicted molar refractivity (Wildman–Crippen MR) is 49.0 cm³/mol. The Kier molecular flexibility index (Phi) is 3.22. The van der Waals surface area contributed by atoms with Gasteiger partial charge in [0.2, 0.25) is 0 Å². The number of hydrogen-bond donors (Lipinski definition) is 0. The first-order valence-electron chi connectivity index (χ1n) is 3.86. The fourth-order valence-electron chi connectivity index (χ4n) is 0.947. The van der Waals surface area contributed by atoms with Gasteiger partial charge < -0.3 is 10.4 Å². The molecule has 1 aromatic carbocycles. The average molecular weight is 165 g/mol. The molecular formula is C9H13N2O-. The molecule has 0 saturated carbocycles. The molecule has 0 spiro atoms. The van der Waals surface area contributed by atoms with E-state index in [1.54, 1.807) is 12.1 Å². The SMILES string of the molecule is CN([O-])N(C)Cc1ccccc1. The number of rotatable bonds is 3. The summed E-state index contributed by atoms with van der Waals surface area (Å²) in [6.45, 7) is 0.654. The molecule has 0 aliphatic heterocycles. The number of benzene rings is 1. The van der Waals surface area contributed by atoms with Crippen molar-refractivity contribution in [3.63, 3.8) is 0 Å². The second-order valence-corrected chi connectivity index (χ2v) is 2.77. The lowest BCUT2D eigenvalue weighted by Gasteiger charge is -2.33. The van der Waals surface area contributed by atoms with Gasteiger partial charge in [0, 0.05) is 13.6 Å². The third kappa shape index (κ3) is 2.62. The van der Waals surface area contributed by atoms with Crippen molar-refractivity contribution in [1.29, 1.82) is 0 Å². The van der Waals surface area contributed by atoms with Crippen LogP contribution in [0.3, 0.4) is 0 Å². The first kappa shape index (κ1) is 9.19. The van der Waals surface area contributed by atoms with Crippen LogP contribution in [0.25, 0.3) is 0 Å². The summed E-state index contributed by atoms with van der Waals surface area (Å²) in [7, 11) is 3.25. The van der Waals surface area contributed by atoms with E-state index in [2.05, 4.69) is 0 Å². The Hall–Kier alpha value is -0.900. The molecule has 1 rings (SSSR count). The summed E-state index contributed by atoms with van der Waals surface area (Å²) in [6, 6.07) is 9.90. The number of hydrazine groups is 1. The van der Waals surface area contributed by atoms with Gasteiger partial charge >= 0.3 is 0 Å². The molecule has 0 saturated heterocycles. The van der Waals surface area contributed by atoms with Crippen molar-refractivity contribution < 1.29 is 0 Å². The van der Waals surface area contributed by atoms with E-state index in [1.165, 1.54) is 7.05 Å². The first-order valence-corrected chi connectivity index (χ1v) is 3.86. The molecule has 3 heteroatoms. The van der Waals surface area contributed by atoms with Crippen LogP contribution in [0.4, 0.5) is 0 Å². The second kappa shape index (κ2) is 4.21. The van der Waals surface area contributed by atoms with Crippen LogP contribution in [0.2, 0.25) is 0 Å². The lowest BCUT2D eigenvalue weighted by molar-refractivity contribution is 0.0717. The topological polar surface area (TPSA) is 29.5 Å². The van der Waals surface area contributed by atoms with Crippen molar-refractivity contribution in [3.05, 3.63) is 41.1 Å². The van der Waals surface area contributed by atoms with Crippen molar-refractivity contribution in [2.45, 2.75) is 6.54 Å². The highest BCUT2D eigenvalue weighted by atomic mass is 16.5. The van der Waals surface area contributed by atoms with Gasteiger partial charge in [-0.15, -0.1) is 0 Å². The van der Waals surface area contributed by atoms with Crippen LogP contribution in [0, 0.1) is 5.21 Å². The van der Waals surface area contributed by atoms with Gasteiger partial charge in [0.15, 0.2) is 0 Å². The van der Waals surface area contributed by atoms with Crippen LogP contribution >= 0.6 is 0 Å². The van der Waals surface area contributed by atoms with Gasteiger partial charge in [0.05, 0.1) is 0 Å². The monoisotopic (exact) mass is 165 g/mol. The molecule has 0 radical (unpaired) electrons. The van der Waals surface area contributed by atoms with Crippen molar-refractivity contribution in [1.82, 2.24) is 10.2 Å². The average Bonchev–Trinajstić information content (AvgIpc) is 2.06. The van der Waals surface area contributed by atoms with E-state index < -0.39 is 0 Å². The van der Waals surface area contributed by atoms with Gasteiger partial charge in [-0.2, -0.15) is 0 Å². The lowest BCUT2D eigenvalue weighted by Crippen LogP contribution is -2.30. The summed E-state index contributed by atoms with van der Waals surface area (Å²) in [5.74, 6) is 0. The quantitative estimate of drug-likeness (QED) is 0.635. The summed E-state index contributed by atoms with van der Waals surface area (Å²) >= 11 is 0. The molecule has 0 bridgehead atoms. The molecule has 3 nitrogen and oxygen atoms in total. The Morgan fingerprint density at radius 2 is 1.75 bits per heavy atom. The molecule has 0 aliphatic carbocycles. The minimum absolute atomic E-state index is 0.654. The second-order valence-electron chi connectivity index (χ2n) is 2.77. The maximum Gasteiger partial charge on any atom is 0.0371 e. The number of nitrogens with zero attached hydrogens (tertiary/aromatic N) is 2. The maximum atomic E-state index is 10.8. The molecular weight excluding hydrogens is 152 g/mol. The number of hydroxylamine groups is 1. The number of hydrogen-bond acceptors (Lipinski definition) is 3. The minimum Gasteiger partial charge on any atom is -0.772 e. The van der Waals surface area contributed by atoms with E-state index in [0.717, 1.165) is 10.7 Å². The first-order chi connectivity index (χ1) is 5.70. The molecule has 0 atom stereocenters. The predicted octanol–water partition coefficient (Wildman–Crippen LogP) is 1.46. The molecule has 1 aromatic rings.